The topological polar surface area (TPSA) is 98.2 Å². The van der Waals surface area contributed by atoms with Gasteiger partial charge in [0.2, 0.25) is 15.9 Å². The second-order valence-corrected chi connectivity index (χ2v) is 9.64. The zero-order chi connectivity index (χ0) is 21.6. The minimum absolute atomic E-state index is 0.141. The quantitative estimate of drug-likeness (QED) is 0.791. The fourth-order valence-corrected chi connectivity index (χ4v) is 5.78. The first-order valence-electron chi connectivity index (χ1n) is 9.74. The largest absolute Gasteiger partial charge is 0.465 e. The summed E-state index contributed by atoms with van der Waals surface area (Å²) in [4.78, 5) is 26.8. The lowest BCUT2D eigenvalue weighted by Gasteiger charge is -2.39. The third-order valence-electron chi connectivity index (χ3n) is 5.57. The average molecular weight is 429 g/mol. The van der Waals surface area contributed by atoms with Crippen molar-refractivity contribution in [3.8, 4) is 11.1 Å². The Labute approximate surface area is 175 Å². The molecule has 1 saturated heterocycles. The van der Waals surface area contributed by atoms with Gasteiger partial charge in [-0.15, -0.1) is 0 Å². The minimum Gasteiger partial charge on any atom is -0.465 e. The van der Waals surface area contributed by atoms with Gasteiger partial charge in [0.1, 0.15) is 0 Å². The number of sulfonamides is 1. The highest BCUT2D eigenvalue weighted by atomic mass is 32.2. The number of carbonyl (C=O) groups excluding carboxylic acids is 1. The molecule has 0 unspecified atom stereocenters. The molecule has 2 aliphatic rings. The summed E-state index contributed by atoms with van der Waals surface area (Å²) in [5.41, 5.74) is 3.26. The van der Waals surface area contributed by atoms with Crippen LogP contribution in [0.2, 0.25) is 0 Å². The van der Waals surface area contributed by atoms with Crippen LogP contribution in [0.3, 0.4) is 0 Å². The number of hydrogen-bond acceptors (Lipinski definition) is 4. The molecule has 0 radical (unpaired) electrons. The maximum atomic E-state index is 12.1. The minimum atomic E-state index is -3.24. The van der Waals surface area contributed by atoms with Crippen LogP contribution in [-0.2, 0) is 14.8 Å². The molecule has 8 nitrogen and oxygen atoms in total. The van der Waals surface area contributed by atoms with Crippen molar-refractivity contribution in [2.24, 2.45) is 0 Å². The highest BCUT2D eigenvalue weighted by Crippen LogP contribution is 2.39. The van der Waals surface area contributed by atoms with Gasteiger partial charge in [0.25, 0.3) is 0 Å². The van der Waals surface area contributed by atoms with Crippen molar-refractivity contribution in [3.05, 3.63) is 42.5 Å². The van der Waals surface area contributed by atoms with Crippen molar-refractivity contribution in [3.63, 3.8) is 0 Å². The second kappa shape index (κ2) is 7.32. The molecule has 0 bridgehead atoms. The van der Waals surface area contributed by atoms with E-state index in [0.29, 0.717) is 30.0 Å². The Hall–Kier alpha value is -3.07. The number of fused-ring (bicyclic) bond motifs is 1. The van der Waals surface area contributed by atoms with E-state index in [1.807, 2.05) is 25.1 Å². The Morgan fingerprint density at radius 1 is 1.03 bits per heavy atom. The zero-order valence-electron chi connectivity index (χ0n) is 16.8. The van der Waals surface area contributed by atoms with E-state index in [1.165, 1.54) is 16.1 Å². The van der Waals surface area contributed by atoms with Crippen molar-refractivity contribution in [1.29, 1.82) is 0 Å². The summed E-state index contributed by atoms with van der Waals surface area (Å²) >= 11 is 0. The van der Waals surface area contributed by atoms with Crippen LogP contribution in [0.4, 0.5) is 21.9 Å². The average Bonchev–Trinajstić information content (AvgIpc) is 3.05. The molecule has 0 spiro atoms. The third-order valence-corrected chi connectivity index (χ3v) is 7.44. The van der Waals surface area contributed by atoms with Crippen LogP contribution in [-0.4, -0.2) is 50.4 Å². The van der Waals surface area contributed by atoms with Crippen LogP contribution in [0, 0.1) is 0 Å². The Balaban J connectivity index is 1.72. The molecule has 9 heteroatoms. The van der Waals surface area contributed by atoms with E-state index < -0.39 is 16.1 Å². The van der Waals surface area contributed by atoms with E-state index in [-0.39, 0.29) is 24.2 Å². The van der Waals surface area contributed by atoms with Crippen molar-refractivity contribution in [1.82, 2.24) is 0 Å². The zero-order valence-corrected chi connectivity index (χ0v) is 17.6. The normalized spacial score (nSPS) is 20.2. The molecule has 0 aliphatic carbocycles. The Morgan fingerprint density at radius 3 is 2.27 bits per heavy atom. The molecular formula is C21H23N3O5S. The first-order chi connectivity index (χ1) is 14.2. The number of carbonyl (C=O) groups is 2. The number of nitrogens with zero attached hydrogens (tertiary/aromatic N) is 3. The molecule has 0 saturated carbocycles. The van der Waals surface area contributed by atoms with Crippen LogP contribution >= 0.6 is 0 Å². The summed E-state index contributed by atoms with van der Waals surface area (Å²) in [5.74, 6) is 0.0214. The monoisotopic (exact) mass is 429 g/mol. The number of rotatable bonds is 2. The number of amides is 2. The highest BCUT2D eigenvalue weighted by molar-refractivity contribution is 7.93. The maximum Gasteiger partial charge on any atom is 0.411 e. The van der Waals surface area contributed by atoms with Gasteiger partial charge in [-0.1, -0.05) is 18.2 Å². The van der Waals surface area contributed by atoms with Crippen molar-refractivity contribution in [2.45, 2.75) is 26.3 Å². The molecule has 1 atom stereocenters. The van der Waals surface area contributed by atoms with E-state index >= 15 is 0 Å². The van der Waals surface area contributed by atoms with Crippen molar-refractivity contribution >= 4 is 39.1 Å². The fraction of sp³-hybridized carbons (Fsp3) is 0.333. The first kappa shape index (κ1) is 20.2. The van der Waals surface area contributed by atoms with Gasteiger partial charge in [-0.05, 0) is 48.7 Å². The van der Waals surface area contributed by atoms with Gasteiger partial charge in [0.15, 0.2) is 0 Å². The van der Waals surface area contributed by atoms with E-state index in [1.54, 1.807) is 29.2 Å². The molecule has 1 fully saturated rings. The maximum absolute atomic E-state index is 12.1. The lowest BCUT2D eigenvalue weighted by atomic mass is 10.0. The first-order valence-corrected chi connectivity index (χ1v) is 11.3. The lowest BCUT2D eigenvalue weighted by Crippen LogP contribution is -2.51. The summed E-state index contributed by atoms with van der Waals surface area (Å²) in [6.07, 6.45) is -0.455. The van der Waals surface area contributed by atoms with Gasteiger partial charge >= 0.3 is 6.09 Å². The summed E-state index contributed by atoms with van der Waals surface area (Å²) < 4.78 is 25.7. The van der Waals surface area contributed by atoms with Crippen LogP contribution in [0.1, 0.15) is 20.3 Å². The molecule has 158 valence electrons. The van der Waals surface area contributed by atoms with E-state index in [9.17, 15) is 23.1 Å². The molecule has 2 heterocycles. The molecular weight excluding hydrogens is 406 g/mol. The molecule has 2 amide bonds. The van der Waals surface area contributed by atoms with Crippen LogP contribution < -0.4 is 14.1 Å². The highest BCUT2D eigenvalue weighted by Gasteiger charge is 2.34. The summed E-state index contributed by atoms with van der Waals surface area (Å²) in [6.45, 7) is 3.96. The Bertz CT molecular complexity index is 1110. The van der Waals surface area contributed by atoms with Crippen LogP contribution in [0.5, 0.6) is 0 Å². The number of carboxylic acid groups (broad SMARTS) is 1. The van der Waals surface area contributed by atoms with Crippen LogP contribution in [0.15, 0.2) is 42.5 Å². The van der Waals surface area contributed by atoms with Crippen LogP contribution in [0.25, 0.3) is 11.1 Å². The summed E-state index contributed by atoms with van der Waals surface area (Å²) in [7, 11) is -3.24. The van der Waals surface area contributed by atoms with Gasteiger partial charge in [-0.25, -0.2) is 13.2 Å². The van der Waals surface area contributed by atoms with Crippen molar-refractivity contribution in [2.75, 3.05) is 32.9 Å². The molecule has 30 heavy (non-hydrogen) atoms. The smallest absolute Gasteiger partial charge is 0.411 e. The predicted molar refractivity (Wildman–Crippen MR) is 116 cm³/mol. The molecule has 2 aromatic carbocycles. The fourth-order valence-electron chi connectivity index (χ4n) is 4.22. The van der Waals surface area contributed by atoms with E-state index in [2.05, 4.69) is 0 Å². The van der Waals surface area contributed by atoms with E-state index in [0.717, 1.165) is 11.1 Å². The van der Waals surface area contributed by atoms with Gasteiger partial charge < -0.3 is 10.0 Å². The molecule has 0 aromatic heterocycles. The predicted octanol–water partition coefficient (Wildman–Crippen LogP) is 3.13. The molecule has 2 aromatic rings. The van der Waals surface area contributed by atoms with E-state index in [4.69, 9.17) is 0 Å². The summed E-state index contributed by atoms with van der Waals surface area (Å²) in [5, 5.41) is 9.66. The Kier molecular flexibility index (Phi) is 4.93. The van der Waals surface area contributed by atoms with Gasteiger partial charge in [0, 0.05) is 20.0 Å². The van der Waals surface area contributed by atoms with Gasteiger partial charge in [0.05, 0.1) is 28.9 Å². The molecule has 2 aliphatic heterocycles. The number of hydrogen-bond donors (Lipinski definition) is 1. The lowest BCUT2D eigenvalue weighted by molar-refractivity contribution is -0.117. The second-order valence-electron chi connectivity index (χ2n) is 7.62. The number of benzene rings is 2. The van der Waals surface area contributed by atoms with Crippen molar-refractivity contribution < 1.29 is 23.1 Å². The molecule has 4 rings (SSSR count). The van der Waals surface area contributed by atoms with Gasteiger partial charge in [-0.3, -0.25) is 14.0 Å². The number of anilines is 3. The summed E-state index contributed by atoms with van der Waals surface area (Å²) in [6, 6.07) is 12.3. The SMILES string of the molecule is CC(=O)N1c2ccc(-c3ccc(N4CCCS4(=O)=O)cc3)cc2N(C(=O)O)C[C@@H]1C. The standard InChI is InChI=1S/C21H23N3O5S/c1-14-13-22(21(26)27)20-12-17(6-9-19(20)24(14)15(2)25)16-4-7-18(8-5-16)23-10-3-11-30(23,28)29/h4-9,12,14H,3,10-11,13H2,1-2H3,(H,26,27)/t14-/m0/s1. The molecule has 1 N–H and O–H groups in total. The van der Waals surface area contributed by atoms with Gasteiger partial charge in [-0.2, -0.15) is 0 Å². The third kappa shape index (κ3) is 3.39. The Morgan fingerprint density at radius 2 is 1.70 bits per heavy atom.